The van der Waals surface area contributed by atoms with Crippen molar-refractivity contribution >= 4 is 17.7 Å². The molecule has 26 heavy (non-hydrogen) atoms. The number of rotatable bonds is 4. The predicted molar refractivity (Wildman–Crippen MR) is 99.5 cm³/mol. The van der Waals surface area contributed by atoms with E-state index < -0.39 is 0 Å². The number of pyridine rings is 1. The van der Waals surface area contributed by atoms with Crippen LogP contribution < -0.4 is 15.5 Å². The molecule has 1 amide bonds. The molecule has 2 aromatic rings. The second-order valence-electron chi connectivity index (χ2n) is 6.99. The summed E-state index contributed by atoms with van der Waals surface area (Å²) in [7, 11) is 1.81. The molecule has 2 aliphatic heterocycles. The van der Waals surface area contributed by atoms with Crippen molar-refractivity contribution in [1.29, 1.82) is 0 Å². The standard InChI is InChI=1S/C18H25N7O/c1-24-18(21-16(23-24)13-6-8-19-9-7-13)22-17(26)14-4-5-15(20-12-14)25-10-2-3-11-25/h4-5,12-13,19H,2-3,6-11H2,1H3,(H,21,22,23,26). The van der Waals surface area contributed by atoms with Gasteiger partial charge in [-0.3, -0.25) is 10.1 Å². The number of anilines is 2. The van der Waals surface area contributed by atoms with Crippen LogP contribution in [0.1, 0.15) is 47.8 Å². The summed E-state index contributed by atoms with van der Waals surface area (Å²) in [6, 6.07) is 3.73. The van der Waals surface area contributed by atoms with Gasteiger partial charge >= 0.3 is 0 Å². The number of aryl methyl sites for hydroxylation is 1. The second-order valence-corrected chi connectivity index (χ2v) is 6.99. The van der Waals surface area contributed by atoms with Crippen LogP contribution in [0.4, 0.5) is 11.8 Å². The summed E-state index contributed by atoms with van der Waals surface area (Å²) >= 11 is 0. The fourth-order valence-corrected chi connectivity index (χ4v) is 3.59. The highest BCUT2D eigenvalue weighted by atomic mass is 16.1. The summed E-state index contributed by atoms with van der Waals surface area (Å²) in [6.07, 6.45) is 6.09. The van der Waals surface area contributed by atoms with Crippen LogP contribution >= 0.6 is 0 Å². The molecule has 0 atom stereocenters. The van der Waals surface area contributed by atoms with Crippen molar-refractivity contribution in [3.63, 3.8) is 0 Å². The van der Waals surface area contributed by atoms with E-state index in [1.807, 2.05) is 19.2 Å². The molecule has 4 heterocycles. The Labute approximate surface area is 153 Å². The van der Waals surface area contributed by atoms with Gasteiger partial charge in [-0.2, -0.15) is 10.1 Å². The maximum atomic E-state index is 12.5. The van der Waals surface area contributed by atoms with Gasteiger partial charge in [-0.1, -0.05) is 0 Å². The summed E-state index contributed by atoms with van der Waals surface area (Å²) < 4.78 is 1.64. The summed E-state index contributed by atoms with van der Waals surface area (Å²) in [5.74, 6) is 2.37. The third-order valence-corrected chi connectivity index (χ3v) is 5.15. The molecule has 0 spiro atoms. The smallest absolute Gasteiger partial charge is 0.259 e. The Balaban J connectivity index is 1.43. The molecular formula is C18H25N7O. The van der Waals surface area contributed by atoms with Crippen LogP contribution in [-0.2, 0) is 7.05 Å². The molecule has 4 rings (SSSR count). The Morgan fingerprint density at radius 3 is 2.69 bits per heavy atom. The van der Waals surface area contributed by atoms with E-state index in [4.69, 9.17) is 0 Å². The molecule has 0 saturated carbocycles. The van der Waals surface area contributed by atoms with E-state index in [0.717, 1.165) is 50.7 Å². The summed E-state index contributed by atoms with van der Waals surface area (Å²) in [5.41, 5.74) is 0.527. The van der Waals surface area contributed by atoms with Gasteiger partial charge in [-0.25, -0.2) is 9.67 Å². The first kappa shape index (κ1) is 17.0. The zero-order valence-corrected chi connectivity index (χ0v) is 15.1. The van der Waals surface area contributed by atoms with E-state index in [1.165, 1.54) is 12.8 Å². The Morgan fingerprint density at radius 2 is 2.00 bits per heavy atom. The molecule has 2 aromatic heterocycles. The van der Waals surface area contributed by atoms with Gasteiger partial charge in [0, 0.05) is 32.3 Å². The number of hydrogen-bond donors (Lipinski definition) is 2. The molecule has 2 saturated heterocycles. The zero-order chi connectivity index (χ0) is 17.9. The number of nitrogens with zero attached hydrogens (tertiary/aromatic N) is 5. The van der Waals surface area contributed by atoms with Gasteiger partial charge in [0.2, 0.25) is 5.95 Å². The molecule has 8 nitrogen and oxygen atoms in total. The lowest BCUT2D eigenvalue weighted by Crippen LogP contribution is -2.27. The van der Waals surface area contributed by atoms with E-state index >= 15 is 0 Å². The van der Waals surface area contributed by atoms with Gasteiger partial charge in [0.1, 0.15) is 5.82 Å². The minimum atomic E-state index is -0.210. The van der Waals surface area contributed by atoms with E-state index in [-0.39, 0.29) is 5.91 Å². The average molecular weight is 355 g/mol. The van der Waals surface area contributed by atoms with Crippen molar-refractivity contribution in [2.45, 2.75) is 31.6 Å². The zero-order valence-electron chi connectivity index (χ0n) is 15.1. The molecule has 8 heteroatoms. The lowest BCUT2D eigenvalue weighted by Gasteiger charge is -2.19. The second kappa shape index (κ2) is 7.41. The number of nitrogens with one attached hydrogen (secondary N) is 2. The first-order chi connectivity index (χ1) is 12.7. The SMILES string of the molecule is Cn1nc(C2CCNCC2)nc1NC(=O)c1ccc(N2CCCC2)nc1. The molecule has 0 aromatic carbocycles. The normalized spacial score (nSPS) is 18.3. The van der Waals surface area contributed by atoms with E-state index in [1.54, 1.807) is 10.9 Å². The minimum absolute atomic E-state index is 0.210. The molecule has 0 bridgehead atoms. The van der Waals surface area contributed by atoms with E-state index in [2.05, 4.69) is 30.6 Å². The molecule has 138 valence electrons. The fourth-order valence-electron chi connectivity index (χ4n) is 3.59. The fraction of sp³-hybridized carbons (Fsp3) is 0.556. The number of amides is 1. The highest BCUT2D eigenvalue weighted by Crippen LogP contribution is 2.23. The van der Waals surface area contributed by atoms with Crippen molar-refractivity contribution in [3.05, 3.63) is 29.7 Å². The van der Waals surface area contributed by atoms with Gasteiger partial charge in [-0.05, 0) is 50.9 Å². The maximum absolute atomic E-state index is 12.5. The lowest BCUT2D eigenvalue weighted by molar-refractivity contribution is 0.102. The van der Waals surface area contributed by atoms with Gasteiger partial charge < -0.3 is 10.2 Å². The number of aromatic nitrogens is 4. The Hall–Kier alpha value is -2.48. The monoisotopic (exact) mass is 355 g/mol. The van der Waals surface area contributed by atoms with Crippen molar-refractivity contribution in [3.8, 4) is 0 Å². The Kier molecular flexibility index (Phi) is 4.83. The highest BCUT2D eigenvalue weighted by Gasteiger charge is 2.22. The first-order valence-corrected chi connectivity index (χ1v) is 9.35. The van der Waals surface area contributed by atoms with Crippen molar-refractivity contribution in [2.75, 3.05) is 36.4 Å². The van der Waals surface area contributed by atoms with Crippen LogP contribution in [0.3, 0.4) is 0 Å². The number of hydrogen-bond acceptors (Lipinski definition) is 6. The highest BCUT2D eigenvalue weighted by molar-refractivity contribution is 6.03. The van der Waals surface area contributed by atoms with Crippen molar-refractivity contribution in [1.82, 2.24) is 25.1 Å². The van der Waals surface area contributed by atoms with Crippen LogP contribution in [0.25, 0.3) is 0 Å². The van der Waals surface area contributed by atoms with Crippen LogP contribution in [0.2, 0.25) is 0 Å². The van der Waals surface area contributed by atoms with Crippen LogP contribution in [-0.4, -0.2) is 51.8 Å². The third-order valence-electron chi connectivity index (χ3n) is 5.15. The first-order valence-electron chi connectivity index (χ1n) is 9.35. The molecule has 2 fully saturated rings. The number of piperidine rings is 1. The maximum Gasteiger partial charge on any atom is 0.259 e. The van der Waals surface area contributed by atoms with Crippen molar-refractivity contribution < 1.29 is 4.79 Å². The number of carbonyl (C=O) groups excluding carboxylic acids is 1. The van der Waals surface area contributed by atoms with Gasteiger partial charge in [0.05, 0.1) is 5.56 Å². The topological polar surface area (TPSA) is 88.0 Å². The van der Waals surface area contributed by atoms with E-state index in [9.17, 15) is 4.79 Å². The molecule has 2 aliphatic rings. The number of carbonyl (C=O) groups is 1. The molecule has 0 radical (unpaired) electrons. The molecule has 0 aliphatic carbocycles. The quantitative estimate of drug-likeness (QED) is 0.865. The summed E-state index contributed by atoms with van der Waals surface area (Å²) in [6.45, 7) is 4.05. The van der Waals surface area contributed by atoms with Gasteiger partial charge in [0.15, 0.2) is 5.82 Å². The average Bonchev–Trinajstić information content (AvgIpc) is 3.33. The van der Waals surface area contributed by atoms with Crippen LogP contribution in [0.15, 0.2) is 18.3 Å². The van der Waals surface area contributed by atoms with Crippen LogP contribution in [0.5, 0.6) is 0 Å². The molecule has 0 unspecified atom stereocenters. The molecule has 2 N–H and O–H groups in total. The Morgan fingerprint density at radius 1 is 1.23 bits per heavy atom. The van der Waals surface area contributed by atoms with Crippen molar-refractivity contribution in [2.24, 2.45) is 7.05 Å². The lowest BCUT2D eigenvalue weighted by atomic mass is 9.98. The summed E-state index contributed by atoms with van der Waals surface area (Å²) in [5, 5.41) is 10.7. The van der Waals surface area contributed by atoms with Crippen LogP contribution in [0, 0.1) is 0 Å². The van der Waals surface area contributed by atoms with Gasteiger partial charge in [0.25, 0.3) is 5.91 Å². The Bertz CT molecular complexity index is 758. The minimum Gasteiger partial charge on any atom is -0.357 e. The third kappa shape index (κ3) is 3.55. The van der Waals surface area contributed by atoms with Gasteiger partial charge in [-0.15, -0.1) is 0 Å². The molecular weight excluding hydrogens is 330 g/mol. The van der Waals surface area contributed by atoms with E-state index in [0.29, 0.717) is 17.4 Å². The predicted octanol–water partition coefficient (Wildman–Crippen LogP) is 1.53. The summed E-state index contributed by atoms with van der Waals surface area (Å²) in [4.78, 5) is 23.8. The largest absolute Gasteiger partial charge is 0.357 e.